The highest BCUT2D eigenvalue weighted by molar-refractivity contribution is 7.17. The van der Waals surface area contributed by atoms with Gasteiger partial charge in [0.25, 0.3) is 0 Å². The Hall–Kier alpha value is -6.07. The number of fused-ring (bicyclic) bond motifs is 2. The van der Waals surface area contributed by atoms with Crippen LogP contribution in [0.3, 0.4) is 0 Å². The number of anilines is 1. The van der Waals surface area contributed by atoms with Gasteiger partial charge in [-0.1, -0.05) is 12.1 Å². The molecule has 288 valence electrons. The van der Waals surface area contributed by atoms with E-state index in [0.717, 1.165) is 37.2 Å². The van der Waals surface area contributed by atoms with Crippen molar-refractivity contribution in [2.24, 2.45) is 5.73 Å². The summed E-state index contributed by atoms with van der Waals surface area (Å²) in [6.45, 7) is 3.95. The Morgan fingerprint density at radius 2 is 1.18 bits per heavy atom. The van der Waals surface area contributed by atoms with E-state index in [-0.39, 0.29) is 28.9 Å². The zero-order valence-electron chi connectivity index (χ0n) is 30.9. The number of ketones is 2. The standard InChI is InChI=1S/C20H18N6OS.C13H9ClN4OS.C7H10N2/c1-13(15-3-2-7-21-11-15)24-20-25-16-6-8-28-19(16)18(26-20)17(27)5-4-14-9-22-12-23-10-14;14-13-17-9-3-4-20-12(9)11(18-13)10(19)2-1-8-5-15-7-16-6-8;1-6(8)7-3-2-4-9-5-7/h2-3,6-13H,4-5H2,1H3,(H,24,25,26);3-7H,1-2H2;2-6H,8H2,1H3/t13-;;6-/m0.0/s1. The summed E-state index contributed by atoms with van der Waals surface area (Å²) in [5.41, 5.74) is 11.9. The lowest BCUT2D eigenvalue weighted by atomic mass is 10.1. The van der Waals surface area contributed by atoms with E-state index in [4.69, 9.17) is 17.3 Å². The van der Waals surface area contributed by atoms with Gasteiger partial charge >= 0.3 is 0 Å². The number of carbonyl (C=O) groups excluding carboxylic acids is 2. The fourth-order valence-corrected chi connectivity index (χ4v) is 7.22. The van der Waals surface area contributed by atoms with Gasteiger partial charge in [-0.2, -0.15) is 0 Å². The van der Waals surface area contributed by atoms with E-state index in [1.54, 1.807) is 49.6 Å². The molecule has 0 saturated carbocycles. The molecule has 8 aromatic heterocycles. The molecule has 0 radical (unpaired) electrons. The fourth-order valence-electron chi connectivity index (χ4n) is 5.37. The summed E-state index contributed by atoms with van der Waals surface area (Å²) in [7, 11) is 0. The molecule has 0 spiro atoms. The van der Waals surface area contributed by atoms with Crippen molar-refractivity contribution in [2.45, 2.75) is 51.6 Å². The predicted molar refractivity (Wildman–Crippen MR) is 222 cm³/mol. The van der Waals surface area contributed by atoms with Crippen LogP contribution in [0.25, 0.3) is 20.4 Å². The van der Waals surface area contributed by atoms with E-state index in [9.17, 15) is 9.59 Å². The second-order valence-electron chi connectivity index (χ2n) is 12.6. The molecule has 0 saturated heterocycles. The number of nitrogens with two attached hydrogens (primary N) is 1. The van der Waals surface area contributed by atoms with Crippen molar-refractivity contribution in [3.8, 4) is 0 Å². The summed E-state index contributed by atoms with van der Waals surface area (Å²) >= 11 is 8.78. The Balaban J connectivity index is 0.000000164. The maximum Gasteiger partial charge on any atom is 0.224 e. The highest BCUT2D eigenvalue weighted by Crippen LogP contribution is 2.27. The van der Waals surface area contributed by atoms with Gasteiger partial charge in [0.15, 0.2) is 11.6 Å². The number of hydrogen-bond acceptors (Lipinski definition) is 16. The van der Waals surface area contributed by atoms with Gasteiger partial charge in [0.05, 0.1) is 26.5 Å². The third-order valence-corrected chi connectivity index (χ3v) is 10.3. The molecule has 0 aliphatic carbocycles. The monoisotopic (exact) mass is 816 g/mol. The summed E-state index contributed by atoms with van der Waals surface area (Å²) in [5, 5.41) is 7.18. The van der Waals surface area contributed by atoms with Crippen molar-refractivity contribution in [3.05, 3.63) is 148 Å². The highest BCUT2D eigenvalue weighted by atomic mass is 35.5. The first-order valence-electron chi connectivity index (χ1n) is 17.8. The second kappa shape index (κ2) is 20.2. The molecule has 0 amide bonds. The van der Waals surface area contributed by atoms with Crippen LogP contribution in [0.4, 0.5) is 5.95 Å². The van der Waals surface area contributed by atoms with Crippen LogP contribution in [-0.4, -0.2) is 61.4 Å². The maximum atomic E-state index is 12.9. The van der Waals surface area contributed by atoms with Gasteiger partial charge in [-0.3, -0.25) is 19.6 Å². The maximum absolute atomic E-state index is 12.9. The Labute approximate surface area is 341 Å². The lowest BCUT2D eigenvalue weighted by Gasteiger charge is -2.14. The molecule has 17 heteroatoms. The SMILES string of the molecule is C[C@H](N)c1cccnc1.C[C@H](Nc1nc(C(=O)CCc2cncnc2)c2sccc2n1)c1cccnc1.O=C(CCc1cncnc1)c1nc(Cl)nc2ccsc12. The normalized spacial score (nSPS) is 11.8. The Morgan fingerprint density at radius 3 is 1.67 bits per heavy atom. The van der Waals surface area contributed by atoms with Gasteiger partial charge in [0.2, 0.25) is 11.2 Å². The first-order chi connectivity index (χ1) is 27.7. The zero-order valence-corrected chi connectivity index (χ0v) is 33.3. The average Bonchev–Trinajstić information content (AvgIpc) is 3.93. The summed E-state index contributed by atoms with van der Waals surface area (Å²) in [6.07, 6.45) is 18.7. The molecule has 14 nitrogen and oxygen atoms in total. The summed E-state index contributed by atoms with van der Waals surface area (Å²) in [5.74, 6) is 0.370. The number of nitrogens with one attached hydrogen (secondary N) is 1. The molecule has 0 bridgehead atoms. The van der Waals surface area contributed by atoms with E-state index in [0.29, 0.717) is 48.5 Å². The van der Waals surface area contributed by atoms with Crippen molar-refractivity contribution in [2.75, 3.05) is 5.32 Å². The summed E-state index contributed by atoms with van der Waals surface area (Å²) in [6, 6.07) is 11.5. The van der Waals surface area contributed by atoms with Crippen LogP contribution < -0.4 is 11.1 Å². The van der Waals surface area contributed by atoms with Gasteiger partial charge < -0.3 is 11.1 Å². The molecule has 2 atom stereocenters. The van der Waals surface area contributed by atoms with Crippen LogP contribution in [0.15, 0.2) is 109 Å². The number of nitrogens with zero attached hydrogens (tertiary/aromatic N) is 10. The molecular formula is C40H37ClN12O2S2. The minimum atomic E-state index is -0.0504. The van der Waals surface area contributed by atoms with Gasteiger partial charge in [-0.15, -0.1) is 22.7 Å². The van der Waals surface area contributed by atoms with Gasteiger partial charge in [-0.25, -0.2) is 39.9 Å². The number of hydrogen-bond donors (Lipinski definition) is 2. The molecule has 0 aromatic carbocycles. The molecule has 0 unspecified atom stereocenters. The molecule has 0 aliphatic heterocycles. The van der Waals surface area contributed by atoms with Gasteiger partial charge in [-0.05, 0) is 95.6 Å². The highest BCUT2D eigenvalue weighted by Gasteiger charge is 2.18. The van der Waals surface area contributed by atoms with Crippen molar-refractivity contribution in [1.29, 1.82) is 0 Å². The van der Waals surface area contributed by atoms with Crippen LogP contribution in [0.2, 0.25) is 5.28 Å². The minimum absolute atomic E-state index is 0.0178. The van der Waals surface area contributed by atoms with Crippen molar-refractivity contribution < 1.29 is 9.59 Å². The largest absolute Gasteiger partial charge is 0.348 e. The van der Waals surface area contributed by atoms with Crippen LogP contribution >= 0.6 is 34.3 Å². The number of halogens is 1. The molecule has 8 rings (SSSR count). The first kappa shape index (κ1) is 40.6. The van der Waals surface area contributed by atoms with Crippen molar-refractivity contribution in [1.82, 2.24) is 49.8 Å². The van der Waals surface area contributed by atoms with Gasteiger partial charge in [0, 0.05) is 68.5 Å². The molecule has 8 aromatic rings. The molecule has 0 fully saturated rings. The number of aromatic nitrogens is 10. The molecule has 0 aliphatic rings. The van der Waals surface area contributed by atoms with Crippen molar-refractivity contribution in [3.63, 3.8) is 0 Å². The number of thiophene rings is 2. The smallest absolute Gasteiger partial charge is 0.224 e. The van der Waals surface area contributed by atoms with Crippen LogP contribution in [0.5, 0.6) is 0 Å². The third kappa shape index (κ3) is 11.5. The molecule has 3 N–H and O–H groups in total. The van der Waals surface area contributed by atoms with Crippen LogP contribution in [-0.2, 0) is 12.8 Å². The summed E-state index contributed by atoms with van der Waals surface area (Å²) < 4.78 is 1.60. The summed E-state index contributed by atoms with van der Waals surface area (Å²) in [4.78, 5) is 66.3. The minimum Gasteiger partial charge on any atom is -0.348 e. The molecule has 8 heterocycles. The lowest BCUT2D eigenvalue weighted by Crippen LogP contribution is -2.12. The van der Waals surface area contributed by atoms with E-state index in [2.05, 4.69) is 55.2 Å². The van der Waals surface area contributed by atoms with Gasteiger partial charge in [0.1, 0.15) is 24.0 Å². The lowest BCUT2D eigenvalue weighted by molar-refractivity contribution is 0.0972. The number of rotatable bonds is 12. The van der Waals surface area contributed by atoms with E-state index < -0.39 is 0 Å². The van der Waals surface area contributed by atoms with Crippen molar-refractivity contribution >= 4 is 72.2 Å². The Kier molecular flexibility index (Phi) is 14.4. The first-order valence-corrected chi connectivity index (χ1v) is 19.9. The Morgan fingerprint density at radius 1 is 0.667 bits per heavy atom. The quantitative estimate of drug-likeness (QED) is 0.0889. The van der Waals surface area contributed by atoms with E-state index in [1.165, 1.54) is 35.3 Å². The Bertz CT molecular complexity index is 2510. The molecular weight excluding hydrogens is 780 g/mol. The third-order valence-electron chi connectivity index (χ3n) is 8.36. The number of Topliss-reactive ketones (excluding diaryl/α,β-unsaturated/α-hetero) is 2. The number of pyridine rings is 2. The fraction of sp³-hybridized carbons (Fsp3) is 0.200. The number of aryl methyl sites for hydroxylation is 2. The van der Waals surface area contributed by atoms with Crippen LogP contribution in [0.1, 0.15) is 82.0 Å². The average molecular weight is 817 g/mol. The molecule has 57 heavy (non-hydrogen) atoms. The zero-order chi connectivity index (χ0) is 40.0. The predicted octanol–water partition coefficient (Wildman–Crippen LogP) is 7.92. The van der Waals surface area contributed by atoms with Crippen LogP contribution in [0, 0.1) is 0 Å². The topological polar surface area (TPSA) is 201 Å². The van der Waals surface area contributed by atoms with E-state index >= 15 is 0 Å². The number of carbonyl (C=O) groups is 2. The van der Waals surface area contributed by atoms with E-state index in [1.807, 2.05) is 61.0 Å². The second-order valence-corrected chi connectivity index (χ2v) is 14.7.